The molecule has 1 aromatic carbocycles. The summed E-state index contributed by atoms with van der Waals surface area (Å²) >= 11 is 0. The molecule has 0 radical (unpaired) electrons. The van der Waals surface area contributed by atoms with E-state index in [9.17, 15) is 4.39 Å². The molecule has 2 aromatic rings. The highest BCUT2D eigenvalue weighted by atomic mass is 19.1. The Kier molecular flexibility index (Phi) is 3.63. The lowest BCUT2D eigenvalue weighted by atomic mass is 10.1. The average Bonchev–Trinajstić information content (AvgIpc) is 2.36. The van der Waals surface area contributed by atoms with Crippen molar-refractivity contribution in [2.45, 2.75) is 19.8 Å². The van der Waals surface area contributed by atoms with Crippen molar-refractivity contribution in [3.63, 3.8) is 0 Å². The van der Waals surface area contributed by atoms with Crippen LogP contribution in [0.4, 0.5) is 4.39 Å². The number of halogens is 1. The normalized spacial score (nSPS) is 10.1. The molecule has 1 aromatic heterocycles. The molecule has 0 N–H and O–H groups in total. The molecule has 18 heavy (non-hydrogen) atoms. The maximum Gasteiger partial charge on any atom is 0.132 e. The Morgan fingerprint density at radius 1 is 1.28 bits per heavy atom. The SMILES string of the molecule is Cc1cc(-c2ccccc2F)nc(CCC#N)n1. The first kappa shape index (κ1) is 12.2. The zero-order chi connectivity index (χ0) is 13.0. The van der Waals surface area contributed by atoms with Crippen LogP contribution in [-0.4, -0.2) is 9.97 Å². The van der Waals surface area contributed by atoms with Crippen LogP contribution in [0, 0.1) is 24.1 Å². The number of nitrogens with zero attached hydrogens (tertiary/aromatic N) is 3. The number of hydrogen-bond acceptors (Lipinski definition) is 3. The van der Waals surface area contributed by atoms with Crippen molar-refractivity contribution in [1.82, 2.24) is 9.97 Å². The first-order valence-electron chi connectivity index (χ1n) is 5.67. The van der Waals surface area contributed by atoms with Gasteiger partial charge in [0.05, 0.1) is 11.8 Å². The molecule has 4 heteroatoms. The third-order valence-corrected chi connectivity index (χ3v) is 2.51. The Morgan fingerprint density at radius 2 is 2.06 bits per heavy atom. The maximum atomic E-state index is 13.7. The number of rotatable bonds is 3. The van der Waals surface area contributed by atoms with E-state index in [1.807, 2.05) is 6.92 Å². The summed E-state index contributed by atoms with van der Waals surface area (Å²) in [6.45, 7) is 1.84. The van der Waals surface area contributed by atoms with Crippen molar-refractivity contribution in [2.75, 3.05) is 0 Å². The highest BCUT2D eigenvalue weighted by molar-refractivity contribution is 5.60. The fraction of sp³-hybridized carbons (Fsp3) is 0.214. The number of aromatic nitrogens is 2. The van der Waals surface area contributed by atoms with Gasteiger partial charge in [-0.15, -0.1) is 0 Å². The molecule has 0 aliphatic heterocycles. The first-order chi connectivity index (χ1) is 8.70. The third-order valence-electron chi connectivity index (χ3n) is 2.51. The molecule has 0 fully saturated rings. The zero-order valence-corrected chi connectivity index (χ0v) is 10.0. The topological polar surface area (TPSA) is 49.6 Å². The standard InChI is InChI=1S/C14H12FN3/c1-10-9-13(11-5-2-3-6-12(11)15)18-14(17-10)7-4-8-16/h2-3,5-6,9H,4,7H2,1H3. The molecule has 0 unspecified atom stereocenters. The van der Waals surface area contributed by atoms with E-state index in [0.29, 0.717) is 29.9 Å². The van der Waals surface area contributed by atoms with Crippen molar-refractivity contribution in [3.8, 4) is 17.3 Å². The average molecular weight is 241 g/mol. The van der Waals surface area contributed by atoms with Crippen LogP contribution in [0.2, 0.25) is 0 Å². The van der Waals surface area contributed by atoms with Gasteiger partial charge in [0.2, 0.25) is 0 Å². The van der Waals surface area contributed by atoms with Crippen LogP contribution in [0.5, 0.6) is 0 Å². The van der Waals surface area contributed by atoms with Crippen LogP contribution in [0.1, 0.15) is 17.9 Å². The Morgan fingerprint density at radius 3 is 2.78 bits per heavy atom. The van der Waals surface area contributed by atoms with Gasteiger partial charge in [-0.1, -0.05) is 12.1 Å². The number of hydrogen-bond donors (Lipinski definition) is 0. The molecule has 3 nitrogen and oxygen atoms in total. The summed E-state index contributed by atoms with van der Waals surface area (Å²) < 4.78 is 13.7. The highest BCUT2D eigenvalue weighted by Gasteiger charge is 2.08. The molecular weight excluding hydrogens is 229 g/mol. The summed E-state index contributed by atoms with van der Waals surface area (Å²) in [5.74, 6) is 0.275. The van der Waals surface area contributed by atoms with Crippen LogP contribution in [0.15, 0.2) is 30.3 Å². The lowest BCUT2D eigenvalue weighted by Gasteiger charge is -2.06. The van der Waals surface area contributed by atoms with E-state index in [1.54, 1.807) is 24.3 Å². The molecule has 1 heterocycles. The molecular formula is C14H12FN3. The van der Waals surface area contributed by atoms with E-state index in [1.165, 1.54) is 6.07 Å². The first-order valence-corrected chi connectivity index (χ1v) is 5.67. The van der Waals surface area contributed by atoms with Crippen LogP contribution >= 0.6 is 0 Å². The molecule has 0 bridgehead atoms. The molecule has 0 spiro atoms. The third kappa shape index (κ3) is 2.69. The van der Waals surface area contributed by atoms with Crippen LogP contribution in [0.3, 0.4) is 0 Å². The largest absolute Gasteiger partial charge is 0.238 e. The number of nitriles is 1. The molecule has 0 aliphatic rings. The molecule has 0 amide bonds. The van der Waals surface area contributed by atoms with Crippen molar-refractivity contribution < 1.29 is 4.39 Å². The van der Waals surface area contributed by atoms with Crippen LogP contribution in [-0.2, 0) is 6.42 Å². The van der Waals surface area contributed by atoms with Gasteiger partial charge < -0.3 is 0 Å². The predicted octanol–water partition coefficient (Wildman–Crippen LogP) is 3.05. The van der Waals surface area contributed by atoms with Gasteiger partial charge in [-0.25, -0.2) is 14.4 Å². The smallest absolute Gasteiger partial charge is 0.132 e. The van der Waals surface area contributed by atoms with E-state index in [2.05, 4.69) is 16.0 Å². The summed E-state index contributed by atoms with van der Waals surface area (Å²) in [4.78, 5) is 8.54. The monoisotopic (exact) mass is 241 g/mol. The molecule has 0 aliphatic carbocycles. The van der Waals surface area contributed by atoms with E-state index < -0.39 is 0 Å². The van der Waals surface area contributed by atoms with Gasteiger partial charge in [0, 0.05) is 24.1 Å². The number of benzene rings is 1. The van der Waals surface area contributed by atoms with Crippen molar-refractivity contribution in [2.24, 2.45) is 0 Å². The number of aryl methyl sites for hydroxylation is 2. The second-order valence-electron chi connectivity index (χ2n) is 3.95. The Hall–Kier alpha value is -2.28. The molecule has 0 saturated carbocycles. The predicted molar refractivity (Wildman–Crippen MR) is 66.1 cm³/mol. The fourth-order valence-corrected chi connectivity index (χ4v) is 1.72. The minimum Gasteiger partial charge on any atom is -0.238 e. The molecule has 90 valence electrons. The van der Waals surface area contributed by atoms with Crippen LogP contribution in [0.25, 0.3) is 11.3 Å². The minimum atomic E-state index is -0.304. The quantitative estimate of drug-likeness (QED) is 0.829. The fourth-order valence-electron chi connectivity index (χ4n) is 1.72. The van der Waals surface area contributed by atoms with Gasteiger partial charge in [-0.05, 0) is 25.1 Å². The van der Waals surface area contributed by atoms with E-state index >= 15 is 0 Å². The van der Waals surface area contributed by atoms with E-state index in [0.717, 1.165) is 5.69 Å². The summed E-state index contributed by atoms with van der Waals surface area (Å²) in [5.41, 5.74) is 1.80. The molecule has 0 saturated heterocycles. The Bertz CT molecular complexity index is 602. The second kappa shape index (κ2) is 5.37. The van der Waals surface area contributed by atoms with Gasteiger partial charge in [-0.2, -0.15) is 5.26 Å². The zero-order valence-electron chi connectivity index (χ0n) is 10.0. The molecule has 0 atom stereocenters. The van der Waals surface area contributed by atoms with Crippen molar-refractivity contribution in [1.29, 1.82) is 5.26 Å². The van der Waals surface area contributed by atoms with Gasteiger partial charge >= 0.3 is 0 Å². The van der Waals surface area contributed by atoms with E-state index in [4.69, 9.17) is 5.26 Å². The second-order valence-corrected chi connectivity index (χ2v) is 3.95. The molecule has 2 rings (SSSR count). The lowest BCUT2D eigenvalue weighted by Crippen LogP contribution is -1.99. The summed E-state index contributed by atoms with van der Waals surface area (Å²) in [5, 5.41) is 8.56. The summed E-state index contributed by atoms with van der Waals surface area (Å²) in [7, 11) is 0. The van der Waals surface area contributed by atoms with Gasteiger partial charge in [-0.3, -0.25) is 0 Å². The highest BCUT2D eigenvalue weighted by Crippen LogP contribution is 2.21. The van der Waals surface area contributed by atoms with Gasteiger partial charge in [0.15, 0.2) is 0 Å². The summed E-state index contributed by atoms with van der Waals surface area (Å²) in [6, 6.07) is 10.3. The van der Waals surface area contributed by atoms with Crippen molar-refractivity contribution >= 4 is 0 Å². The lowest BCUT2D eigenvalue weighted by molar-refractivity contribution is 0.630. The maximum absolute atomic E-state index is 13.7. The van der Waals surface area contributed by atoms with Crippen molar-refractivity contribution in [3.05, 3.63) is 47.7 Å². The van der Waals surface area contributed by atoms with Gasteiger partial charge in [0.1, 0.15) is 11.6 Å². The van der Waals surface area contributed by atoms with E-state index in [-0.39, 0.29) is 5.82 Å². The minimum absolute atomic E-state index is 0.304. The Balaban J connectivity index is 2.43. The summed E-state index contributed by atoms with van der Waals surface area (Å²) in [6.07, 6.45) is 0.847. The van der Waals surface area contributed by atoms with Crippen LogP contribution < -0.4 is 0 Å². The van der Waals surface area contributed by atoms with Gasteiger partial charge in [0.25, 0.3) is 0 Å². The Labute approximate surface area is 105 Å².